The molecule has 4 rings (SSSR count). The maximum atomic E-state index is 12.7. The van der Waals surface area contributed by atoms with Gasteiger partial charge >= 0.3 is 5.63 Å². The van der Waals surface area contributed by atoms with Gasteiger partial charge in [-0.25, -0.2) is 4.79 Å². The molecule has 0 bridgehead atoms. The molecule has 2 aliphatic heterocycles. The van der Waals surface area contributed by atoms with Crippen LogP contribution in [0.2, 0.25) is 0 Å². The van der Waals surface area contributed by atoms with Crippen LogP contribution in [0, 0.1) is 0 Å². The Morgan fingerprint density at radius 1 is 1.19 bits per heavy atom. The Hall–Kier alpha value is -2.27. The molecule has 0 saturated carbocycles. The van der Waals surface area contributed by atoms with E-state index >= 15 is 0 Å². The first-order valence-electron chi connectivity index (χ1n) is 9.42. The summed E-state index contributed by atoms with van der Waals surface area (Å²) in [5.74, 6) is 1.39. The van der Waals surface area contributed by atoms with Crippen LogP contribution in [-0.4, -0.2) is 12.2 Å². The van der Waals surface area contributed by atoms with E-state index in [2.05, 4.69) is 6.92 Å². The standard InChI is InChI=1S/C21H25NO4/c1-4-5-6-13-10-24-21(23)18-16(13)19-14(8-7-11(2)25-19)20-17(18)15(22)9-12(3)26-20/h7-8,10-12,15H,4-6,9,22H2,1-3H3/t11?,12-,15?/m1/s1. The maximum absolute atomic E-state index is 12.7. The molecule has 0 saturated heterocycles. The van der Waals surface area contributed by atoms with E-state index < -0.39 is 0 Å². The van der Waals surface area contributed by atoms with Crippen molar-refractivity contribution in [2.45, 2.75) is 64.7 Å². The van der Waals surface area contributed by atoms with Crippen molar-refractivity contribution in [3.8, 4) is 11.5 Å². The molecule has 0 spiro atoms. The van der Waals surface area contributed by atoms with Crippen LogP contribution >= 0.6 is 0 Å². The fourth-order valence-electron chi connectivity index (χ4n) is 3.99. The molecule has 5 heteroatoms. The lowest BCUT2D eigenvalue weighted by Crippen LogP contribution is -2.30. The molecule has 0 radical (unpaired) electrons. The molecular weight excluding hydrogens is 330 g/mol. The number of ether oxygens (including phenoxy) is 2. The fraction of sp³-hybridized carbons (Fsp3) is 0.476. The van der Waals surface area contributed by atoms with Gasteiger partial charge in [0.25, 0.3) is 0 Å². The minimum absolute atomic E-state index is 0.0119. The molecule has 2 unspecified atom stereocenters. The van der Waals surface area contributed by atoms with Crippen molar-refractivity contribution in [1.29, 1.82) is 0 Å². The van der Waals surface area contributed by atoms with Crippen LogP contribution in [0.1, 0.15) is 62.8 Å². The molecule has 0 aliphatic carbocycles. The van der Waals surface area contributed by atoms with Crippen LogP contribution in [0.5, 0.6) is 11.5 Å². The summed E-state index contributed by atoms with van der Waals surface area (Å²) in [6, 6.07) is -0.265. The summed E-state index contributed by atoms with van der Waals surface area (Å²) in [5, 5.41) is 1.36. The number of hydrogen-bond acceptors (Lipinski definition) is 5. The van der Waals surface area contributed by atoms with Crippen molar-refractivity contribution >= 4 is 16.8 Å². The third-order valence-corrected chi connectivity index (χ3v) is 5.23. The Bertz CT molecular complexity index is 943. The molecule has 1 aromatic heterocycles. The molecule has 2 aromatic rings. The van der Waals surface area contributed by atoms with Crippen LogP contribution in [-0.2, 0) is 6.42 Å². The Balaban J connectivity index is 2.12. The van der Waals surface area contributed by atoms with Gasteiger partial charge in [0.15, 0.2) is 0 Å². The second-order valence-electron chi connectivity index (χ2n) is 7.34. The lowest BCUT2D eigenvalue weighted by Gasteiger charge is -2.33. The first-order chi connectivity index (χ1) is 12.5. The average molecular weight is 355 g/mol. The summed E-state index contributed by atoms with van der Waals surface area (Å²) < 4.78 is 17.7. The van der Waals surface area contributed by atoms with Gasteiger partial charge in [-0.05, 0) is 44.4 Å². The van der Waals surface area contributed by atoms with Gasteiger partial charge in [-0.1, -0.05) is 13.3 Å². The van der Waals surface area contributed by atoms with E-state index in [4.69, 9.17) is 19.6 Å². The lowest BCUT2D eigenvalue weighted by molar-refractivity contribution is 0.175. The highest BCUT2D eigenvalue weighted by atomic mass is 16.5. The minimum Gasteiger partial charge on any atom is -0.489 e. The fourth-order valence-corrected chi connectivity index (χ4v) is 3.99. The minimum atomic E-state index is -0.376. The van der Waals surface area contributed by atoms with Gasteiger partial charge < -0.3 is 19.6 Å². The zero-order chi connectivity index (χ0) is 18.4. The summed E-state index contributed by atoms with van der Waals surface area (Å²) in [5.41, 5.74) is 8.72. The Morgan fingerprint density at radius 3 is 2.77 bits per heavy atom. The molecule has 0 amide bonds. The number of hydrogen-bond donors (Lipinski definition) is 1. The topological polar surface area (TPSA) is 74.7 Å². The van der Waals surface area contributed by atoms with Gasteiger partial charge in [-0.15, -0.1) is 0 Å². The molecule has 138 valence electrons. The highest BCUT2D eigenvalue weighted by Crippen LogP contribution is 2.49. The molecular formula is C21H25NO4. The third-order valence-electron chi connectivity index (χ3n) is 5.23. The van der Waals surface area contributed by atoms with Crippen LogP contribution in [0.3, 0.4) is 0 Å². The quantitative estimate of drug-likeness (QED) is 0.897. The predicted octanol–water partition coefficient (Wildman–Crippen LogP) is 4.10. The van der Waals surface area contributed by atoms with E-state index in [-0.39, 0.29) is 23.9 Å². The Labute approximate surface area is 152 Å². The van der Waals surface area contributed by atoms with Crippen molar-refractivity contribution in [1.82, 2.24) is 0 Å². The van der Waals surface area contributed by atoms with Crippen LogP contribution in [0.25, 0.3) is 16.8 Å². The number of rotatable bonds is 3. The van der Waals surface area contributed by atoms with E-state index in [1.807, 2.05) is 26.0 Å². The van der Waals surface area contributed by atoms with Gasteiger partial charge in [-0.2, -0.15) is 0 Å². The van der Waals surface area contributed by atoms with E-state index in [1.54, 1.807) is 6.26 Å². The number of fused-ring (bicyclic) bond motifs is 6. The van der Waals surface area contributed by atoms with Crippen LogP contribution in [0.15, 0.2) is 21.6 Å². The summed E-state index contributed by atoms with van der Waals surface area (Å²) >= 11 is 0. The Morgan fingerprint density at radius 2 is 2.00 bits per heavy atom. The predicted molar refractivity (Wildman–Crippen MR) is 102 cm³/mol. The maximum Gasteiger partial charge on any atom is 0.344 e. The molecule has 26 heavy (non-hydrogen) atoms. The first-order valence-corrected chi connectivity index (χ1v) is 9.42. The van der Waals surface area contributed by atoms with Gasteiger partial charge in [0.2, 0.25) is 0 Å². The van der Waals surface area contributed by atoms with Crippen LogP contribution < -0.4 is 20.8 Å². The zero-order valence-corrected chi connectivity index (χ0v) is 15.5. The average Bonchev–Trinajstić information content (AvgIpc) is 2.60. The number of nitrogens with two attached hydrogens (primary N) is 1. The summed E-state index contributed by atoms with van der Waals surface area (Å²) in [6.45, 7) is 6.12. The molecule has 3 atom stereocenters. The largest absolute Gasteiger partial charge is 0.489 e. The second-order valence-corrected chi connectivity index (χ2v) is 7.34. The highest BCUT2D eigenvalue weighted by Gasteiger charge is 2.34. The van der Waals surface area contributed by atoms with E-state index in [9.17, 15) is 4.79 Å². The first kappa shape index (κ1) is 17.2. The van der Waals surface area contributed by atoms with Gasteiger partial charge in [-0.3, -0.25) is 0 Å². The molecule has 5 nitrogen and oxygen atoms in total. The van der Waals surface area contributed by atoms with E-state index in [0.29, 0.717) is 23.3 Å². The number of benzene rings is 1. The van der Waals surface area contributed by atoms with Crippen LogP contribution in [0.4, 0.5) is 0 Å². The highest BCUT2D eigenvalue weighted by molar-refractivity contribution is 5.99. The summed E-state index contributed by atoms with van der Waals surface area (Å²) in [6.07, 6.45) is 9.11. The molecule has 3 heterocycles. The normalized spacial score (nSPS) is 23.9. The monoisotopic (exact) mass is 355 g/mol. The van der Waals surface area contributed by atoms with Crippen molar-refractivity contribution in [2.75, 3.05) is 0 Å². The lowest BCUT2D eigenvalue weighted by atomic mass is 9.87. The van der Waals surface area contributed by atoms with Gasteiger partial charge in [0.1, 0.15) is 17.6 Å². The smallest absolute Gasteiger partial charge is 0.344 e. The molecule has 0 fully saturated rings. The third kappa shape index (κ3) is 2.62. The number of unbranched alkanes of at least 4 members (excludes halogenated alkanes) is 1. The second kappa shape index (κ2) is 6.47. The van der Waals surface area contributed by atoms with Crippen molar-refractivity contribution < 1.29 is 13.9 Å². The molecule has 1 aromatic carbocycles. The molecule has 2 N–H and O–H groups in total. The summed E-state index contributed by atoms with van der Waals surface area (Å²) in [7, 11) is 0. The van der Waals surface area contributed by atoms with Crippen molar-refractivity contribution in [3.05, 3.63) is 39.4 Å². The van der Waals surface area contributed by atoms with Gasteiger partial charge in [0.05, 0.1) is 23.3 Å². The van der Waals surface area contributed by atoms with Gasteiger partial charge in [0, 0.05) is 23.4 Å². The summed E-state index contributed by atoms with van der Waals surface area (Å²) in [4.78, 5) is 12.7. The van der Waals surface area contributed by atoms with Crippen molar-refractivity contribution in [2.24, 2.45) is 5.73 Å². The number of aryl methyl sites for hydroxylation is 1. The Kier molecular flexibility index (Phi) is 4.27. The van der Waals surface area contributed by atoms with E-state index in [1.165, 1.54) is 0 Å². The SMILES string of the molecule is CCCCc1coc(=O)c2c3c(c4c(c12)OC(C)C=C4)O[C@H](C)CC3N. The molecule has 2 aliphatic rings. The zero-order valence-electron chi connectivity index (χ0n) is 15.5. The van der Waals surface area contributed by atoms with E-state index in [0.717, 1.165) is 41.3 Å². The van der Waals surface area contributed by atoms with Crippen molar-refractivity contribution in [3.63, 3.8) is 0 Å².